The molecule has 2 N–H and O–H groups in total. The molecule has 0 amide bonds. The van der Waals surface area contributed by atoms with E-state index in [0.717, 1.165) is 9.79 Å². The summed E-state index contributed by atoms with van der Waals surface area (Å²) in [5.74, 6) is 0.388. The normalized spacial score (nSPS) is 9.74. The number of benzene rings is 2. The highest BCUT2D eigenvalue weighted by Crippen LogP contribution is 2.29. The Morgan fingerprint density at radius 1 is 0.947 bits per heavy atom. The quantitative estimate of drug-likeness (QED) is 0.832. The maximum absolute atomic E-state index is 8.71. The SMILES string of the molecule is N#Cc1ccc(Sc2ccc(OB(O)O)cc2)cc1. The van der Waals surface area contributed by atoms with Gasteiger partial charge >= 0.3 is 7.32 Å². The van der Waals surface area contributed by atoms with Gasteiger partial charge in [-0.25, -0.2) is 0 Å². The van der Waals surface area contributed by atoms with Gasteiger partial charge < -0.3 is 14.7 Å². The molecule has 4 nitrogen and oxygen atoms in total. The molecule has 0 atom stereocenters. The Labute approximate surface area is 115 Å². The maximum Gasteiger partial charge on any atom is 0.707 e. The van der Waals surface area contributed by atoms with E-state index in [4.69, 9.17) is 20.0 Å². The van der Waals surface area contributed by atoms with Gasteiger partial charge in [0, 0.05) is 9.79 Å². The van der Waals surface area contributed by atoms with Crippen molar-refractivity contribution >= 4 is 19.1 Å². The van der Waals surface area contributed by atoms with Gasteiger partial charge in [-0.15, -0.1) is 0 Å². The van der Waals surface area contributed by atoms with Gasteiger partial charge in [-0.3, -0.25) is 0 Å². The lowest BCUT2D eigenvalue weighted by atomic mass is 10.2. The van der Waals surface area contributed by atoms with Crippen molar-refractivity contribution in [2.24, 2.45) is 0 Å². The van der Waals surface area contributed by atoms with Crippen LogP contribution in [-0.2, 0) is 0 Å². The smallest absolute Gasteiger partial charge is 0.512 e. The number of hydrogen-bond acceptors (Lipinski definition) is 5. The van der Waals surface area contributed by atoms with Crippen LogP contribution in [-0.4, -0.2) is 17.4 Å². The topological polar surface area (TPSA) is 73.5 Å². The van der Waals surface area contributed by atoms with Crippen LogP contribution >= 0.6 is 11.8 Å². The molecule has 0 fully saturated rings. The molecule has 19 heavy (non-hydrogen) atoms. The largest absolute Gasteiger partial charge is 0.707 e. The highest BCUT2D eigenvalue weighted by Gasteiger charge is 2.10. The minimum absolute atomic E-state index is 0.388. The molecule has 2 rings (SSSR count). The summed E-state index contributed by atoms with van der Waals surface area (Å²) in [5, 5.41) is 26.0. The van der Waals surface area contributed by atoms with E-state index in [1.54, 1.807) is 36.0 Å². The standard InChI is InChI=1S/C13H10BNO3S/c15-9-10-1-5-12(6-2-10)19-13-7-3-11(4-8-13)18-14(16)17/h1-8,16-17H. The van der Waals surface area contributed by atoms with E-state index >= 15 is 0 Å². The molecule has 0 aliphatic heterocycles. The van der Waals surface area contributed by atoms with Crippen LogP contribution in [0, 0.1) is 11.3 Å². The van der Waals surface area contributed by atoms with Crippen LogP contribution in [0.3, 0.4) is 0 Å². The molecule has 0 saturated carbocycles. The summed E-state index contributed by atoms with van der Waals surface area (Å²) in [7, 11) is -1.81. The third-order valence-corrected chi connectivity index (χ3v) is 3.30. The van der Waals surface area contributed by atoms with Crippen molar-refractivity contribution in [3.8, 4) is 11.8 Å². The first kappa shape index (κ1) is 13.5. The minimum atomic E-state index is -1.81. The number of hydrogen-bond donors (Lipinski definition) is 2. The van der Waals surface area contributed by atoms with Crippen LogP contribution < -0.4 is 4.65 Å². The Morgan fingerprint density at radius 3 is 1.95 bits per heavy atom. The molecule has 0 aliphatic rings. The Morgan fingerprint density at radius 2 is 1.47 bits per heavy atom. The first-order chi connectivity index (χ1) is 9.17. The van der Waals surface area contributed by atoms with E-state index in [9.17, 15) is 0 Å². The van der Waals surface area contributed by atoms with Crippen molar-refractivity contribution in [2.45, 2.75) is 9.79 Å². The van der Waals surface area contributed by atoms with Crippen molar-refractivity contribution in [1.29, 1.82) is 5.26 Å². The molecule has 0 heterocycles. The van der Waals surface area contributed by atoms with Crippen molar-refractivity contribution in [3.63, 3.8) is 0 Å². The van der Waals surface area contributed by atoms with Gasteiger partial charge in [0.15, 0.2) is 0 Å². The molecule has 0 aromatic heterocycles. The molecule has 0 bridgehead atoms. The van der Waals surface area contributed by atoms with E-state index in [2.05, 4.69) is 6.07 Å². The van der Waals surface area contributed by atoms with E-state index in [-0.39, 0.29) is 0 Å². The van der Waals surface area contributed by atoms with Gasteiger partial charge in [-0.1, -0.05) is 11.8 Å². The van der Waals surface area contributed by atoms with Crippen LogP contribution in [0.25, 0.3) is 0 Å². The molecule has 2 aromatic carbocycles. The average molecular weight is 271 g/mol. The highest BCUT2D eigenvalue weighted by molar-refractivity contribution is 7.99. The second kappa shape index (κ2) is 6.30. The van der Waals surface area contributed by atoms with E-state index < -0.39 is 7.32 Å². The van der Waals surface area contributed by atoms with Gasteiger partial charge in [-0.05, 0) is 48.5 Å². The Balaban J connectivity index is 2.04. The van der Waals surface area contributed by atoms with Crippen LogP contribution in [0.15, 0.2) is 58.3 Å². The molecular formula is C13H10BNO3S. The summed E-state index contributed by atoms with van der Waals surface area (Å²) in [6.07, 6.45) is 0. The maximum atomic E-state index is 8.71. The molecule has 0 saturated heterocycles. The zero-order chi connectivity index (χ0) is 13.7. The van der Waals surface area contributed by atoms with E-state index in [1.807, 2.05) is 24.3 Å². The molecular weight excluding hydrogens is 261 g/mol. The third kappa shape index (κ3) is 4.03. The Bertz CT molecular complexity index is 578. The monoisotopic (exact) mass is 271 g/mol. The number of nitriles is 1. The summed E-state index contributed by atoms with van der Waals surface area (Å²) < 4.78 is 4.72. The fourth-order valence-electron chi connectivity index (χ4n) is 1.44. The molecule has 0 aliphatic carbocycles. The summed E-state index contributed by atoms with van der Waals surface area (Å²) in [4.78, 5) is 2.01. The van der Waals surface area contributed by atoms with Crippen LogP contribution in [0.2, 0.25) is 0 Å². The van der Waals surface area contributed by atoms with Crippen molar-refractivity contribution in [2.75, 3.05) is 0 Å². The number of rotatable bonds is 4. The lowest BCUT2D eigenvalue weighted by Gasteiger charge is -2.06. The molecule has 0 unspecified atom stereocenters. The lowest BCUT2D eigenvalue weighted by molar-refractivity contribution is 0.288. The highest BCUT2D eigenvalue weighted by atomic mass is 32.2. The van der Waals surface area contributed by atoms with Gasteiger partial charge in [0.05, 0.1) is 11.6 Å². The zero-order valence-corrected chi connectivity index (χ0v) is 10.7. The first-order valence-electron chi connectivity index (χ1n) is 5.48. The Kier molecular flexibility index (Phi) is 4.47. The van der Waals surface area contributed by atoms with Crippen molar-refractivity contribution in [1.82, 2.24) is 0 Å². The molecule has 2 aromatic rings. The predicted octanol–water partition coefficient (Wildman–Crippen LogP) is 2.06. The summed E-state index contributed by atoms with van der Waals surface area (Å²) in [6.45, 7) is 0. The van der Waals surface area contributed by atoms with Gasteiger partial charge in [0.1, 0.15) is 5.75 Å². The summed E-state index contributed by atoms with van der Waals surface area (Å²) in [6, 6.07) is 16.3. The van der Waals surface area contributed by atoms with Crippen LogP contribution in [0.1, 0.15) is 5.56 Å². The van der Waals surface area contributed by atoms with Gasteiger partial charge in [0.25, 0.3) is 0 Å². The zero-order valence-electron chi connectivity index (χ0n) is 9.85. The van der Waals surface area contributed by atoms with Crippen molar-refractivity contribution < 1.29 is 14.7 Å². The second-order valence-corrected chi connectivity index (χ2v) is 4.80. The first-order valence-corrected chi connectivity index (χ1v) is 6.30. The van der Waals surface area contributed by atoms with Crippen LogP contribution in [0.4, 0.5) is 0 Å². The summed E-state index contributed by atoms with van der Waals surface area (Å²) in [5.41, 5.74) is 0.630. The second-order valence-electron chi connectivity index (χ2n) is 3.65. The Hall–Kier alpha value is -1.94. The number of nitrogens with zero attached hydrogens (tertiary/aromatic N) is 1. The van der Waals surface area contributed by atoms with E-state index in [0.29, 0.717) is 11.3 Å². The lowest BCUT2D eigenvalue weighted by Crippen LogP contribution is -2.20. The van der Waals surface area contributed by atoms with Crippen LogP contribution in [0.5, 0.6) is 5.75 Å². The summed E-state index contributed by atoms with van der Waals surface area (Å²) >= 11 is 1.54. The molecule has 6 heteroatoms. The van der Waals surface area contributed by atoms with Gasteiger partial charge in [-0.2, -0.15) is 5.26 Å². The third-order valence-electron chi connectivity index (χ3n) is 2.28. The van der Waals surface area contributed by atoms with Crippen molar-refractivity contribution in [3.05, 3.63) is 54.1 Å². The van der Waals surface area contributed by atoms with Gasteiger partial charge in [0.2, 0.25) is 0 Å². The molecule has 0 radical (unpaired) electrons. The minimum Gasteiger partial charge on any atom is -0.512 e. The molecule has 94 valence electrons. The predicted molar refractivity (Wildman–Crippen MR) is 72.5 cm³/mol. The van der Waals surface area contributed by atoms with E-state index in [1.165, 1.54) is 0 Å². The fourth-order valence-corrected chi connectivity index (χ4v) is 2.26. The average Bonchev–Trinajstić information content (AvgIpc) is 2.41. The fraction of sp³-hybridized carbons (Fsp3) is 0. The molecule has 0 spiro atoms.